The summed E-state index contributed by atoms with van der Waals surface area (Å²) in [6.07, 6.45) is 2.33. The number of nitrogens with one attached hydrogen (secondary N) is 1. The Morgan fingerprint density at radius 1 is 1.10 bits per heavy atom. The molecular weight excluding hydrogens is 512 g/mol. The van der Waals surface area contributed by atoms with Crippen LogP contribution in [0, 0.1) is 6.92 Å². The number of nitrogens with zero attached hydrogens (tertiary/aromatic N) is 7. The lowest BCUT2D eigenvalue weighted by molar-refractivity contribution is 0.101. The van der Waals surface area contributed by atoms with E-state index < -0.39 is 6.09 Å². The van der Waals surface area contributed by atoms with Gasteiger partial charge in [-0.3, -0.25) is 4.90 Å². The van der Waals surface area contributed by atoms with Crippen LogP contribution in [0.2, 0.25) is 0 Å². The summed E-state index contributed by atoms with van der Waals surface area (Å²) in [5.74, 6) is 3.28. The predicted molar refractivity (Wildman–Crippen MR) is 149 cm³/mol. The highest BCUT2D eigenvalue weighted by Crippen LogP contribution is 2.36. The van der Waals surface area contributed by atoms with Gasteiger partial charge in [-0.25, -0.2) is 24.7 Å². The summed E-state index contributed by atoms with van der Waals surface area (Å²) >= 11 is 0. The van der Waals surface area contributed by atoms with Crippen LogP contribution >= 0.6 is 0 Å². The number of hydrogen-bond donors (Lipinski definition) is 2. The summed E-state index contributed by atoms with van der Waals surface area (Å²) < 4.78 is 14.1. The van der Waals surface area contributed by atoms with Gasteiger partial charge in [0.25, 0.3) is 0 Å². The fourth-order valence-electron chi connectivity index (χ4n) is 5.30. The zero-order valence-corrected chi connectivity index (χ0v) is 21.9. The maximum absolute atomic E-state index is 11.6. The number of fused-ring (bicyclic) bond motifs is 6. The van der Waals surface area contributed by atoms with Crippen LogP contribution in [0.3, 0.4) is 0 Å². The number of aryl methyl sites for hydroxylation is 2. The van der Waals surface area contributed by atoms with Crippen LogP contribution in [0.15, 0.2) is 55.1 Å². The van der Waals surface area contributed by atoms with Crippen LogP contribution in [0.1, 0.15) is 5.56 Å². The summed E-state index contributed by atoms with van der Waals surface area (Å²) in [4.78, 5) is 33.3. The molecule has 12 heteroatoms. The quantitative estimate of drug-likeness (QED) is 0.341. The predicted octanol–water partition coefficient (Wildman–Crippen LogP) is 4.32. The Balaban J connectivity index is 1.15. The molecule has 2 aromatic carbocycles. The molecule has 40 heavy (non-hydrogen) atoms. The number of carboxylic acid groups (broad SMARTS) is 1. The summed E-state index contributed by atoms with van der Waals surface area (Å²) in [5, 5.41) is 12.9. The maximum Gasteiger partial charge on any atom is 0.407 e. The summed E-state index contributed by atoms with van der Waals surface area (Å²) in [7, 11) is 1.96. The third kappa shape index (κ3) is 4.13. The molecule has 5 aromatic rings. The van der Waals surface area contributed by atoms with Crippen molar-refractivity contribution in [1.82, 2.24) is 29.4 Å². The molecule has 2 aliphatic heterocycles. The molecule has 12 nitrogen and oxygen atoms in total. The minimum absolute atomic E-state index is 0.262. The van der Waals surface area contributed by atoms with Gasteiger partial charge in [0.2, 0.25) is 0 Å². The molecule has 0 aliphatic carbocycles. The molecule has 202 valence electrons. The number of aromatic nitrogens is 5. The molecule has 1 fully saturated rings. The van der Waals surface area contributed by atoms with Gasteiger partial charge in [-0.2, -0.15) is 0 Å². The first-order chi connectivity index (χ1) is 19.4. The molecule has 1 amide bonds. The fraction of sp³-hybridized carbons (Fsp3) is 0.250. The molecule has 1 saturated heterocycles. The first kappa shape index (κ1) is 23.9. The smallest absolute Gasteiger partial charge is 0.407 e. The van der Waals surface area contributed by atoms with E-state index in [1.807, 2.05) is 61.0 Å². The Labute approximate surface area is 228 Å². The highest BCUT2D eigenvalue weighted by atomic mass is 16.5. The van der Waals surface area contributed by atoms with E-state index in [4.69, 9.17) is 14.5 Å². The van der Waals surface area contributed by atoms with Crippen LogP contribution < -0.4 is 19.7 Å². The lowest BCUT2D eigenvalue weighted by atomic mass is 10.2. The minimum atomic E-state index is -0.935. The number of pyridine rings is 1. The number of imidazole rings is 1. The van der Waals surface area contributed by atoms with Gasteiger partial charge in [0.1, 0.15) is 29.9 Å². The lowest BCUT2D eigenvalue weighted by Crippen LogP contribution is -2.56. The van der Waals surface area contributed by atoms with Crippen molar-refractivity contribution in [3.8, 4) is 17.2 Å². The van der Waals surface area contributed by atoms with Crippen molar-refractivity contribution in [2.45, 2.75) is 13.0 Å². The monoisotopic (exact) mass is 538 g/mol. The molecular formula is C28H26N8O4. The molecule has 0 unspecified atom stereocenters. The van der Waals surface area contributed by atoms with Gasteiger partial charge < -0.3 is 29.4 Å². The number of hydrogen-bond acceptors (Lipinski definition) is 9. The van der Waals surface area contributed by atoms with E-state index in [9.17, 15) is 9.90 Å². The largest absolute Gasteiger partial charge is 0.487 e. The van der Waals surface area contributed by atoms with E-state index in [-0.39, 0.29) is 12.6 Å². The Bertz CT molecular complexity index is 1790. The molecule has 3 aromatic heterocycles. The van der Waals surface area contributed by atoms with Gasteiger partial charge in [-0.1, -0.05) is 0 Å². The lowest BCUT2D eigenvalue weighted by Gasteiger charge is -2.37. The van der Waals surface area contributed by atoms with Crippen molar-refractivity contribution in [2.24, 2.45) is 7.05 Å². The normalized spacial score (nSPS) is 16.4. The molecule has 2 bridgehead atoms. The topological polar surface area (TPSA) is 131 Å². The van der Waals surface area contributed by atoms with Crippen molar-refractivity contribution < 1.29 is 19.4 Å². The average Bonchev–Trinajstić information content (AvgIpc) is 3.26. The number of carbonyl (C=O) groups is 1. The SMILES string of the molecule is Cc1cc(Nc2ncnc3cc4c(nc23)N2CCN(C(=O)O)[C@H](CO4)C2)ccc1Oc1ccc2c(c1)ncn2C. The molecule has 0 spiro atoms. The average molecular weight is 539 g/mol. The van der Waals surface area contributed by atoms with E-state index in [0.717, 1.165) is 33.8 Å². The zero-order chi connectivity index (χ0) is 27.4. The number of rotatable bonds is 4. The van der Waals surface area contributed by atoms with Crippen molar-refractivity contribution >= 4 is 45.5 Å². The van der Waals surface area contributed by atoms with Crippen molar-refractivity contribution in [3.05, 3.63) is 60.7 Å². The highest BCUT2D eigenvalue weighted by molar-refractivity contribution is 5.90. The number of anilines is 3. The number of ether oxygens (including phenoxy) is 2. The second-order valence-corrected chi connectivity index (χ2v) is 10.0. The fourth-order valence-corrected chi connectivity index (χ4v) is 5.30. The van der Waals surface area contributed by atoms with E-state index in [2.05, 4.69) is 25.2 Å². The Kier molecular flexibility index (Phi) is 5.54. The molecule has 2 aliphatic rings. The van der Waals surface area contributed by atoms with Crippen molar-refractivity contribution in [3.63, 3.8) is 0 Å². The number of piperazine rings is 1. The van der Waals surface area contributed by atoms with E-state index in [1.165, 1.54) is 11.2 Å². The highest BCUT2D eigenvalue weighted by Gasteiger charge is 2.35. The van der Waals surface area contributed by atoms with Crippen LogP contribution in [0.4, 0.5) is 22.1 Å². The third-order valence-electron chi connectivity index (χ3n) is 7.38. The minimum Gasteiger partial charge on any atom is -0.487 e. The molecule has 2 N–H and O–H groups in total. The Hall–Kier alpha value is -5.13. The summed E-state index contributed by atoms with van der Waals surface area (Å²) in [6, 6.07) is 13.3. The van der Waals surface area contributed by atoms with Gasteiger partial charge in [-0.15, -0.1) is 0 Å². The van der Waals surface area contributed by atoms with Crippen LogP contribution in [0.25, 0.3) is 22.1 Å². The van der Waals surface area contributed by atoms with E-state index in [1.54, 1.807) is 6.33 Å². The van der Waals surface area contributed by atoms with Gasteiger partial charge in [0.15, 0.2) is 17.4 Å². The van der Waals surface area contributed by atoms with E-state index in [0.29, 0.717) is 48.1 Å². The second-order valence-electron chi connectivity index (χ2n) is 10.0. The summed E-state index contributed by atoms with van der Waals surface area (Å²) in [5.41, 5.74) is 4.92. The zero-order valence-electron chi connectivity index (χ0n) is 21.9. The maximum atomic E-state index is 11.6. The molecule has 0 radical (unpaired) electrons. The van der Waals surface area contributed by atoms with Gasteiger partial charge in [0, 0.05) is 44.5 Å². The van der Waals surface area contributed by atoms with Gasteiger partial charge in [-0.05, 0) is 42.8 Å². The molecule has 0 saturated carbocycles. The first-order valence-corrected chi connectivity index (χ1v) is 12.9. The first-order valence-electron chi connectivity index (χ1n) is 12.9. The standard InChI is InChI=1S/C28H26N8O4/c1-16-9-17(3-6-23(16)40-19-4-5-22-20(10-19)31-15-34(22)2)32-26-25-21(29-14-30-26)11-24-27(33-25)35-7-8-36(28(37)38)18(12-35)13-39-24/h3-6,9-11,14-15,18H,7-8,12-13H2,1-2H3,(H,37,38)(H,29,30,32)/t18-/m0/s1. The Morgan fingerprint density at radius 2 is 2.00 bits per heavy atom. The Morgan fingerprint density at radius 3 is 2.85 bits per heavy atom. The van der Waals surface area contributed by atoms with Crippen LogP contribution in [-0.2, 0) is 7.05 Å². The van der Waals surface area contributed by atoms with Crippen LogP contribution in [-0.4, -0.2) is 72.9 Å². The van der Waals surface area contributed by atoms with Crippen molar-refractivity contribution in [2.75, 3.05) is 36.5 Å². The molecule has 5 heterocycles. The van der Waals surface area contributed by atoms with Gasteiger partial charge in [0.05, 0.1) is 28.9 Å². The molecule has 7 rings (SSSR count). The van der Waals surface area contributed by atoms with Gasteiger partial charge >= 0.3 is 6.09 Å². The van der Waals surface area contributed by atoms with Crippen LogP contribution in [0.5, 0.6) is 17.2 Å². The number of benzene rings is 2. The molecule has 1 atom stereocenters. The summed E-state index contributed by atoms with van der Waals surface area (Å²) in [6.45, 7) is 3.69. The van der Waals surface area contributed by atoms with E-state index >= 15 is 0 Å². The third-order valence-corrected chi connectivity index (χ3v) is 7.38. The van der Waals surface area contributed by atoms with Crippen molar-refractivity contribution in [1.29, 1.82) is 0 Å². The second kappa shape index (κ2) is 9.26. The number of amides is 1.